The van der Waals surface area contributed by atoms with E-state index in [1.807, 2.05) is 12.3 Å². The number of aliphatic carboxylic acids is 1. The van der Waals surface area contributed by atoms with Crippen LogP contribution in [0.25, 0.3) is 22.3 Å². The maximum Gasteiger partial charge on any atom is 0.310 e. The summed E-state index contributed by atoms with van der Waals surface area (Å²) in [6, 6.07) is 10.6. The van der Waals surface area contributed by atoms with Crippen molar-refractivity contribution in [3.63, 3.8) is 0 Å². The summed E-state index contributed by atoms with van der Waals surface area (Å²) < 4.78 is 16.6. The molecule has 0 aliphatic heterocycles. The number of furan rings is 1. The predicted molar refractivity (Wildman–Crippen MR) is 107 cm³/mol. The topological polar surface area (TPSA) is 86.0 Å². The first kappa shape index (κ1) is 19.8. The van der Waals surface area contributed by atoms with Crippen LogP contribution < -0.4 is 9.47 Å². The molecule has 7 heteroatoms. The first-order chi connectivity index (χ1) is 13.3. The zero-order valence-corrected chi connectivity index (χ0v) is 16.8. The molecule has 0 amide bonds. The van der Waals surface area contributed by atoms with Crippen LogP contribution in [0.15, 0.2) is 45.7 Å². The minimum Gasteiger partial charge on any atom is -0.493 e. The molecule has 0 spiro atoms. The van der Waals surface area contributed by atoms with Gasteiger partial charge in [0.2, 0.25) is 0 Å². The molecule has 6 nitrogen and oxygen atoms in total. The molecule has 1 heterocycles. The van der Waals surface area contributed by atoms with E-state index in [0.717, 1.165) is 15.8 Å². The number of carbonyl (C=O) groups is 2. The first-order valence-electron chi connectivity index (χ1n) is 8.55. The molecule has 0 aliphatic carbocycles. The van der Waals surface area contributed by atoms with Crippen LogP contribution in [0.5, 0.6) is 11.5 Å². The Balaban J connectivity index is 2.12. The van der Waals surface area contributed by atoms with Crippen LogP contribution in [0.1, 0.15) is 25.3 Å². The van der Waals surface area contributed by atoms with Gasteiger partial charge in [-0.15, -0.1) is 11.8 Å². The molecule has 0 fully saturated rings. The normalized spacial score (nSPS) is 12.0. The van der Waals surface area contributed by atoms with Crippen molar-refractivity contribution in [3.8, 4) is 22.8 Å². The SMILES string of the molecule is COc1cc(-c2oc3ccc(C(C)C(=O)O)cc3c2SC)ccc1OC(C)=O. The minimum atomic E-state index is -0.875. The van der Waals surface area contributed by atoms with Crippen molar-refractivity contribution in [1.29, 1.82) is 0 Å². The average Bonchev–Trinajstić information content (AvgIpc) is 3.04. The second-order valence-corrected chi connectivity index (χ2v) is 7.06. The van der Waals surface area contributed by atoms with Crippen molar-refractivity contribution in [2.24, 2.45) is 0 Å². The molecule has 0 bridgehead atoms. The highest BCUT2D eigenvalue weighted by Crippen LogP contribution is 2.42. The molecule has 3 rings (SSSR count). The van der Waals surface area contributed by atoms with Gasteiger partial charge in [0.15, 0.2) is 11.5 Å². The highest BCUT2D eigenvalue weighted by Gasteiger charge is 2.20. The lowest BCUT2D eigenvalue weighted by Gasteiger charge is -2.09. The summed E-state index contributed by atoms with van der Waals surface area (Å²) in [5.41, 5.74) is 2.15. The van der Waals surface area contributed by atoms with Crippen molar-refractivity contribution in [2.75, 3.05) is 13.4 Å². The molecule has 146 valence electrons. The third kappa shape index (κ3) is 3.71. The summed E-state index contributed by atoms with van der Waals surface area (Å²) >= 11 is 1.52. The van der Waals surface area contributed by atoms with Crippen molar-refractivity contribution < 1.29 is 28.6 Å². The largest absolute Gasteiger partial charge is 0.493 e. The maximum absolute atomic E-state index is 11.3. The Morgan fingerprint density at radius 2 is 1.89 bits per heavy atom. The monoisotopic (exact) mass is 400 g/mol. The van der Waals surface area contributed by atoms with E-state index in [0.29, 0.717) is 28.4 Å². The maximum atomic E-state index is 11.3. The standard InChI is InChI=1S/C21H20O6S/c1-11(21(23)24)13-5-7-16-15(9-13)20(28-4)19(27-16)14-6-8-17(26-12(2)22)18(10-14)25-3/h5-11H,1-4H3,(H,23,24). The summed E-state index contributed by atoms with van der Waals surface area (Å²) in [6.07, 6.45) is 1.94. The number of hydrogen-bond donors (Lipinski definition) is 1. The van der Waals surface area contributed by atoms with Crippen LogP contribution >= 0.6 is 11.8 Å². The van der Waals surface area contributed by atoms with Crippen molar-refractivity contribution in [1.82, 2.24) is 0 Å². The first-order valence-corrected chi connectivity index (χ1v) is 9.78. The number of rotatable bonds is 6. The molecule has 1 unspecified atom stereocenters. The van der Waals surface area contributed by atoms with Gasteiger partial charge in [-0.1, -0.05) is 6.07 Å². The summed E-state index contributed by atoms with van der Waals surface area (Å²) in [6.45, 7) is 2.98. The Morgan fingerprint density at radius 1 is 1.14 bits per heavy atom. The van der Waals surface area contributed by atoms with Gasteiger partial charge in [0.1, 0.15) is 11.3 Å². The molecule has 28 heavy (non-hydrogen) atoms. The van der Waals surface area contributed by atoms with Crippen molar-refractivity contribution in [3.05, 3.63) is 42.0 Å². The van der Waals surface area contributed by atoms with Gasteiger partial charge in [-0.2, -0.15) is 0 Å². The van der Waals surface area contributed by atoms with E-state index in [-0.39, 0.29) is 0 Å². The van der Waals surface area contributed by atoms with Crippen molar-refractivity contribution in [2.45, 2.75) is 24.7 Å². The molecule has 1 N–H and O–H groups in total. The Hall–Kier alpha value is -2.93. The Labute approximate surface area is 166 Å². The van der Waals surface area contributed by atoms with Crippen LogP contribution in [-0.2, 0) is 9.59 Å². The van der Waals surface area contributed by atoms with E-state index < -0.39 is 17.9 Å². The molecule has 1 aromatic heterocycles. The Bertz CT molecular complexity index is 1050. The zero-order valence-electron chi connectivity index (χ0n) is 15.9. The number of benzene rings is 2. The van der Waals surface area contributed by atoms with Gasteiger partial charge in [0.25, 0.3) is 0 Å². The van der Waals surface area contributed by atoms with E-state index in [1.165, 1.54) is 25.8 Å². The molecule has 0 saturated heterocycles. The van der Waals surface area contributed by atoms with Crippen LogP contribution in [0.4, 0.5) is 0 Å². The lowest BCUT2D eigenvalue weighted by atomic mass is 10.00. The van der Waals surface area contributed by atoms with Gasteiger partial charge < -0.3 is 19.0 Å². The number of hydrogen-bond acceptors (Lipinski definition) is 6. The quantitative estimate of drug-likeness (QED) is 0.356. The highest BCUT2D eigenvalue weighted by molar-refractivity contribution is 7.99. The number of esters is 1. The molecule has 0 aliphatic rings. The molecule has 2 aromatic carbocycles. The predicted octanol–water partition coefficient (Wildman–Crippen LogP) is 4.94. The zero-order chi connectivity index (χ0) is 20.4. The van der Waals surface area contributed by atoms with Crippen LogP contribution in [0.2, 0.25) is 0 Å². The third-order valence-corrected chi connectivity index (χ3v) is 5.23. The highest BCUT2D eigenvalue weighted by atomic mass is 32.2. The van der Waals surface area contributed by atoms with Crippen LogP contribution in [0.3, 0.4) is 0 Å². The van der Waals surface area contributed by atoms with Gasteiger partial charge in [0, 0.05) is 17.9 Å². The lowest BCUT2D eigenvalue weighted by Crippen LogP contribution is -2.06. The van der Waals surface area contributed by atoms with E-state index in [4.69, 9.17) is 13.9 Å². The fourth-order valence-electron chi connectivity index (χ4n) is 2.95. The van der Waals surface area contributed by atoms with Gasteiger partial charge in [-0.3, -0.25) is 9.59 Å². The van der Waals surface area contributed by atoms with E-state index in [2.05, 4.69) is 0 Å². The molecule has 0 saturated carbocycles. The van der Waals surface area contributed by atoms with Crippen molar-refractivity contribution >= 4 is 34.7 Å². The Morgan fingerprint density at radius 3 is 2.50 bits per heavy atom. The van der Waals surface area contributed by atoms with Gasteiger partial charge in [0.05, 0.1) is 17.9 Å². The lowest BCUT2D eigenvalue weighted by molar-refractivity contribution is -0.138. The minimum absolute atomic E-state index is 0.332. The molecule has 3 aromatic rings. The second-order valence-electron chi connectivity index (χ2n) is 6.24. The molecule has 1 atom stereocenters. The molecular formula is C21H20O6S. The smallest absolute Gasteiger partial charge is 0.310 e. The number of ether oxygens (including phenoxy) is 2. The van der Waals surface area contributed by atoms with Gasteiger partial charge in [-0.05, 0) is 49.1 Å². The number of thioether (sulfide) groups is 1. The van der Waals surface area contributed by atoms with Gasteiger partial charge in [-0.25, -0.2) is 0 Å². The third-order valence-electron chi connectivity index (χ3n) is 4.42. The number of carboxylic acid groups (broad SMARTS) is 1. The van der Waals surface area contributed by atoms with E-state index in [1.54, 1.807) is 37.3 Å². The molecular weight excluding hydrogens is 380 g/mol. The van der Waals surface area contributed by atoms with E-state index >= 15 is 0 Å². The number of carbonyl (C=O) groups excluding carboxylic acids is 1. The van der Waals surface area contributed by atoms with Gasteiger partial charge >= 0.3 is 11.9 Å². The fraction of sp³-hybridized carbons (Fsp3) is 0.238. The summed E-state index contributed by atoms with van der Waals surface area (Å²) in [5.74, 6) is -0.520. The summed E-state index contributed by atoms with van der Waals surface area (Å²) in [4.78, 5) is 23.5. The average molecular weight is 400 g/mol. The Kier molecular flexibility index (Phi) is 5.65. The number of methoxy groups -OCH3 is 1. The fourth-order valence-corrected chi connectivity index (χ4v) is 3.67. The molecule has 0 radical (unpaired) electrons. The van der Waals surface area contributed by atoms with Crippen LogP contribution in [-0.4, -0.2) is 30.4 Å². The number of fused-ring (bicyclic) bond motifs is 1. The van der Waals surface area contributed by atoms with E-state index in [9.17, 15) is 14.7 Å². The second kappa shape index (κ2) is 7.98. The number of carboxylic acids is 1. The van der Waals surface area contributed by atoms with Crippen LogP contribution in [0, 0.1) is 0 Å². The summed E-state index contributed by atoms with van der Waals surface area (Å²) in [7, 11) is 1.50. The summed E-state index contributed by atoms with van der Waals surface area (Å²) in [5, 5.41) is 10.1.